The molecule has 0 bridgehead atoms. The van der Waals surface area contributed by atoms with E-state index in [2.05, 4.69) is 22.3 Å². The fourth-order valence-corrected chi connectivity index (χ4v) is 3.12. The minimum atomic E-state index is -0.0894. The van der Waals surface area contributed by atoms with Gasteiger partial charge >= 0.3 is 0 Å². The Bertz CT molecular complexity index is 965. The number of amides is 2. The van der Waals surface area contributed by atoms with Gasteiger partial charge in [-0.2, -0.15) is 0 Å². The molecule has 0 unspecified atom stereocenters. The highest BCUT2D eigenvalue weighted by Crippen LogP contribution is 2.27. The van der Waals surface area contributed by atoms with Crippen molar-refractivity contribution in [1.29, 1.82) is 0 Å². The minimum Gasteiger partial charge on any atom is -0.397 e. The lowest BCUT2D eigenvalue weighted by Crippen LogP contribution is -2.25. The van der Waals surface area contributed by atoms with Crippen LogP contribution in [0.3, 0.4) is 0 Å². The highest BCUT2D eigenvalue weighted by Gasteiger charge is 2.08. The third-order valence-corrected chi connectivity index (χ3v) is 4.95. The predicted octanol–water partition coefficient (Wildman–Crippen LogP) is 5.10. The number of nitrogens with two attached hydrogens (primary N) is 1. The highest BCUT2D eigenvalue weighted by atomic mass is 16.2. The number of nitrogens with one attached hydrogen (secondary N) is 2. The number of anilines is 2. The first-order valence-corrected chi connectivity index (χ1v) is 10.8. The second-order valence-electron chi connectivity index (χ2n) is 7.51. The molecule has 6 nitrogen and oxygen atoms in total. The van der Waals surface area contributed by atoms with Crippen LogP contribution in [0.5, 0.6) is 0 Å². The maximum absolute atomic E-state index is 12.3. The molecule has 0 radical (unpaired) electrons. The van der Waals surface area contributed by atoms with Crippen molar-refractivity contribution in [3.8, 4) is 11.1 Å². The second-order valence-corrected chi connectivity index (χ2v) is 7.51. The first kappa shape index (κ1) is 24.6. The summed E-state index contributed by atoms with van der Waals surface area (Å²) in [6.45, 7) is 5.71. The number of carbonyl (C=O) groups excluding carboxylic acids is 2. The molecule has 2 amide bonds. The van der Waals surface area contributed by atoms with E-state index in [1.54, 1.807) is 19.1 Å². The number of nitrogen functional groups attached to an aromatic ring is 1. The summed E-state index contributed by atoms with van der Waals surface area (Å²) in [6, 6.07) is 15.6. The minimum absolute atomic E-state index is 0.0435. The van der Waals surface area contributed by atoms with Gasteiger partial charge in [-0.3, -0.25) is 14.6 Å². The number of nitrogens with zero attached hydrogens (tertiary/aromatic N) is 1. The Morgan fingerprint density at radius 3 is 2.53 bits per heavy atom. The molecule has 2 aromatic rings. The fourth-order valence-electron chi connectivity index (χ4n) is 3.12. The lowest BCUT2D eigenvalue weighted by Gasteiger charge is -2.11. The number of rotatable bonds is 12. The molecule has 0 heterocycles. The number of unbranched alkanes of at least 4 members (excludes halogenated alkanes) is 3. The lowest BCUT2D eigenvalue weighted by molar-refractivity contribution is -0.117. The maximum atomic E-state index is 12.3. The summed E-state index contributed by atoms with van der Waals surface area (Å²) in [5.41, 5.74) is 9.94. The van der Waals surface area contributed by atoms with E-state index in [1.807, 2.05) is 48.5 Å². The number of aliphatic imine (C=N–C) groups is 1. The molecule has 0 aromatic heterocycles. The average Bonchev–Trinajstić information content (AvgIpc) is 2.80. The first-order valence-electron chi connectivity index (χ1n) is 10.8. The van der Waals surface area contributed by atoms with Crippen molar-refractivity contribution in [2.45, 2.75) is 39.0 Å². The summed E-state index contributed by atoms with van der Waals surface area (Å²) >= 11 is 0. The molecule has 4 N–H and O–H groups in total. The van der Waals surface area contributed by atoms with E-state index in [4.69, 9.17) is 5.73 Å². The van der Waals surface area contributed by atoms with E-state index in [9.17, 15) is 9.59 Å². The van der Waals surface area contributed by atoms with Gasteiger partial charge in [0.1, 0.15) is 0 Å². The van der Waals surface area contributed by atoms with Crippen molar-refractivity contribution in [1.82, 2.24) is 5.32 Å². The van der Waals surface area contributed by atoms with Crippen molar-refractivity contribution in [3.05, 3.63) is 72.5 Å². The van der Waals surface area contributed by atoms with Crippen LogP contribution < -0.4 is 16.4 Å². The first-order chi connectivity index (χ1) is 15.5. The molecule has 0 aliphatic carbocycles. The van der Waals surface area contributed by atoms with Crippen LogP contribution >= 0.6 is 0 Å². The number of benzene rings is 2. The Hall–Kier alpha value is -3.67. The molecule has 0 saturated carbocycles. The molecule has 0 aliphatic rings. The van der Waals surface area contributed by atoms with Crippen LogP contribution in [0.4, 0.5) is 11.4 Å². The van der Waals surface area contributed by atoms with Crippen LogP contribution in [-0.4, -0.2) is 25.1 Å². The third-order valence-electron chi connectivity index (χ3n) is 4.95. The van der Waals surface area contributed by atoms with Crippen LogP contribution in [-0.2, 0) is 9.59 Å². The van der Waals surface area contributed by atoms with Crippen LogP contribution in [0.2, 0.25) is 0 Å². The number of hydrogen-bond donors (Lipinski definition) is 3. The molecule has 6 heteroatoms. The van der Waals surface area contributed by atoms with Gasteiger partial charge in [-0.15, -0.1) is 0 Å². The Morgan fingerprint density at radius 1 is 1.03 bits per heavy atom. The molecule has 0 saturated heterocycles. The van der Waals surface area contributed by atoms with Gasteiger partial charge < -0.3 is 16.4 Å². The Balaban J connectivity index is 1.67. The molecule has 0 atom stereocenters. The summed E-state index contributed by atoms with van der Waals surface area (Å²) in [7, 11) is 0. The van der Waals surface area contributed by atoms with Crippen LogP contribution in [0.15, 0.2) is 77.4 Å². The van der Waals surface area contributed by atoms with E-state index >= 15 is 0 Å². The Labute approximate surface area is 190 Å². The molecule has 32 heavy (non-hydrogen) atoms. The molecule has 0 aliphatic heterocycles. The fraction of sp³-hybridized carbons (Fsp3) is 0.269. The van der Waals surface area contributed by atoms with E-state index in [1.165, 1.54) is 6.20 Å². The van der Waals surface area contributed by atoms with Crippen molar-refractivity contribution < 1.29 is 9.59 Å². The van der Waals surface area contributed by atoms with E-state index in [-0.39, 0.29) is 11.8 Å². The summed E-state index contributed by atoms with van der Waals surface area (Å²) < 4.78 is 0. The summed E-state index contributed by atoms with van der Waals surface area (Å²) in [4.78, 5) is 27.8. The number of carbonyl (C=O) groups is 2. The number of allylic oxidation sites excluding steroid dienone is 2. The zero-order valence-corrected chi connectivity index (χ0v) is 18.6. The van der Waals surface area contributed by atoms with Gasteiger partial charge in [-0.1, -0.05) is 55.3 Å². The molecule has 0 spiro atoms. The van der Waals surface area contributed by atoms with Crippen molar-refractivity contribution in [3.63, 3.8) is 0 Å². The third kappa shape index (κ3) is 8.60. The summed E-state index contributed by atoms with van der Waals surface area (Å²) in [5.74, 6) is -0.133. The van der Waals surface area contributed by atoms with Crippen LogP contribution in [0.1, 0.15) is 39.0 Å². The topological polar surface area (TPSA) is 96.6 Å². The van der Waals surface area contributed by atoms with Gasteiger partial charge in [-0.25, -0.2) is 0 Å². The normalized spacial score (nSPS) is 11.3. The molecular formula is C26H32N4O2. The smallest absolute Gasteiger partial charge is 0.246 e. The van der Waals surface area contributed by atoms with Gasteiger partial charge in [0, 0.05) is 24.7 Å². The second kappa shape index (κ2) is 13.6. The van der Waals surface area contributed by atoms with Gasteiger partial charge in [0.15, 0.2) is 0 Å². The Kier molecular flexibility index (Phi) is 10.5. The van der Waals surface area contributed by atoms with Crippen molar-refractivity contribution in [2.75, 3.05) is 17.6 Å². The average molecular weight is 433 g/mol. The molecule has 2 aromatic carbocycles. The van der Waals surface area contributed by atoms with Crippen molar-refractivity contribution >= 4 is 29.9 Å². The molecular weight excluding hydrogens is 400 g/mol. The zero-order chi connectivity index (χ0) is 23.2. The van der Waals surface area contributed by atoms with E-state index < -0.39 is 0 Å². The molecule has 0 fully saturated rings. The standard InChI is InChI=1S/C26H32N4O2/c1-20(11-10-17-28-2)26(32)29-18-9-4-3-8-14-25(31)30-24-19-22(15-16-23(24)27)21-12-6-5-7-13-21/h5-7,10-13,15-17,19H,2-4,8-9,14,18,27H2,1H3,(H,29,32)(H,30,31)/b17-10-,20-11+. The van der Waals surface area contributed by atoms with Gasteiger partial charge in [-0.05, 0) is 55.8 Å². The number of hydrogen-bond acceptors (Lipinski definition) is 4. The quantitative estimate of drug-likeness (QED) is 0.143. The van der Waals surface area contributed by atoms with Gasteiger partial charge in [0.05, 0.1) is 11.4 Å². The zero-order valence-electron chi connectivity index (χ0n) is 18.6. The Morgan fingerprint density at radius 2 is 1.78 bits per heavy atom. The predicted molar refractivity (Wildman–Crippen MR) is 133 cm³/mol. The largest absolute Gasteiger partial charge is 0.397 e. The molecule has 168 valence electrons. The summed E-state index contributed by atoms with van der Waals surface area (Å²) in [6.07, 6.45) is 8.87. The monoisotopic (exact) mass is 432 g/mol. The van der Waals surface area contributed by atoms with Crippen molar-refractivity contribution in [2.24, 2.45) is 4.99 Å². The SMILES string of the molecule is C=N/C=C\C=C(/C)C(=O)NCCCCCCC(=O)Nc1cc(-c2ccccc2)ccc1N. The van der Waals surface area contributed by atoms with E-state index in [0.717, 1.165) is 36.8 Å². The molecule has 2 rings (SSSR count). The highest BCUT2D eigenvalue weighted by molar-refractivity contribution is 5.95. The van der Waals surface area contributed by atoms with Gasteiger partial charge in [0.2, 0.25) is 11.8 Å². The van der Waals surface area contributed by atoms with E-state index in [0.29, 0.717) is 29.9 Å². The van der Waals surface area contributed by atoms with Gasteiger partial charge in [0.25, 0.3) is 0 Å². The summed E-state index contributed by atoms with van der Waals surface area (Å²) in [5, 5.41) is 5.81. The maximum Gasteiger partial charge on any atom is 0.246 e. The van der Waals surface area contributed by atoms with Crippen LogP contribution in [0.25, 0.3) is 11.1 Å². The lowest BCUT2D eigenvalue weighted by atomic mass is 10.0. The van der Waals surface area contributed by atoms with Crippen LogP contribution in [0, 0.1) is 0 Å².